The molecule has 0 spiro atoms. The lowest BCUT2D eigenvalue weighted by molar-refractivity contribution is 0.0835. The highest BCUT2D eigenvalue weighted by atomic mass is 16.5. The highest BCUT2D eigenvalue weighted by molar-refractivity contribution is 5.59. The number of benzene rings is 1. The highest BCUT2D eigenvalue weighted by Crippen LogP contribution is 2.27. The van der Waals surface area contributed by atoms with Crippen LogP contribution in [0.3, 0.4) is 0 Å². The van der Waals surface area contributed by atoms with Crippen LogP contribution in [0, 0.1) is 0 Å². The van der Waals surface area contributed by atoms with E-state index >= 15 is 0 Å². The van der Waals surface area contributed by atoms with Gasteiger partial charge >= 0.3 is 0 Å². The normalized spacial score (nSPS) is 16.8. The lowest BCUT2D eigenvalue weighted by atomic mass is 10.2. The van der Waals surface area contributed by atoms with Crippen LogP contribution < -0.4 is 0 Å². The van der Waals surface area contributed by atoms with Crippen LogP contribution in [0.2, 0.25) is 0 Å². The van der Waals surface area contributed by atoms with Crippen molar-refractivity contribution >= 4 is 0 Å². The molecule has 0 bridgehead atoms. The average molecular weight is 362 g/mol. The van der Waals surface area contributed by atoms with Gasteiger partial charge in [-0.15, -0.1) is 0 Å². The number of imidazole rings is 1. The van der Waals surface area contributed by atoms with Crippen LogP contribution in [-0.2, 0) is 11.3 Å². The lowest BCUT2D eigenvalue weighted by Gasteiger charge is -2.08. The van der Waals surface area contributed by atoms with Gasteiger partial charge in [0, 0.05) is 37.0 Å². The topological polar surface area (TPSA) is 83.8 Å². The molecule has 4 heterocycles. The summed E-state index contributed by atoms with van der Waals surface area (Å²) < 4.78 is 14.8. The Labute approximate surface area is 155 Å². The third kappa shape index (κ3) is 3.15. The van der Waals surface area contributed by atoms with Gasteiger partial charge < -0.3 is 13.8 Å². The fraction of sp³-hybridized carbons (Fsp3) is 0.263. The summed E-state index contributed by atoms with van der Waals surface area (Å²) in [6.45, 7) is 1.23. The summed E-state index contributed by atoms with van der Waals surface area (Å²) in [6.07, 6.45) is 9.25. The zero-order valence-corrected chi connectivity index (χ0v) is 14.6. The van der Waals surface area contributed by atoms with Crippen LogP contribution in [0.4, 0.5) is 0 Å². The molecular weight excluding hydrogens is 344 g/mol. The van der Waals surface area contributed by atoms with Gasteiger partial charge in [0.25, 0.3) is 5.89 Å². The number of ether oxygens (including phenoxy) is 1. The maximum atomic E-state index is 5.61. The van der Waals surface area contributed by atoms with Gasteiger partial charge in [-0.2, -0.15) is 10.1 Å². The Morgan fingerprint density at radius 3 is 3.00 bits per heavy atom. The first kappa shape index (κ1) is 16.0. The van der Waals surface area contributed by atoms with E-state index in [0.29, 0.717) is 18.3 Å². The molecule has 0 saturated carbocycles. The summed E-state index contributed by atoms with van der Waals surface area (Å²) in [5, 5.41) is 8.38. The molecule has 5 rings (SSSR count). The summed E-state index contributed by atoms with van der Waals surface area (Å²) in [6, 6.07) is 9.99. The van der Waals surface area contributed by atoms with Crippen molar-refractivity contribution in [3.8, 4) is 17.1 Å². The molecule has 8 heteroatoms. The standard InChI is InChI=1S/C19H18N6O2/c1-4-14(12-15(5-1)25-9-3-7-21-25)18-20-8-10-24(18)13-17-22-19(27-23-17)16-6-2-11-26-16/h1,3-5,7-10,12,16H,2,6,11,13H2/t16-/m1/s1. The van der Waals surface area contributed by atoms with E-state index in [0.717, 1.165) is 36.5 Å². The van der Waals surface area contributed by atoms with Crippen molar-refractivity contribution in [3.63, 3.8) is 0 Å². The van der Waals surface area contributed by atoms with Crippen LogP contribution in [0.15, 0.2) is 59.6 Å². The summed E-state index contributed by atoms with van der Waals surface area (Å²) in [5.74, 6) is 2.01. The second-order valence-corrected chi connectivity index (χ2v) is 6.43. The van der Waals surface area contributed by atoms with E-state index in [2.05, 4.69) is 26.3 Å². The fourth-order valence-electron chi connectivity index (χ4n) is 3.29. The van der Waals surface area contributed by atoms with Gasteiger partial charge in [0.15, 0.2) is 5.82 Å². The van der Waals surface area contributed by atoms with E-state index < -0.39 is 0 Å². The van der Waals surface area contributed by atoms with Crippen molar-refractivity contribution < 1.29 is 9.26 Å². The lowest BCUT2D eigenvalue weighted by Crippen LogP contribution is -2.04. The molecule has 0 unspecified atom stereocenters. The van der Waals surface area contributed by atoms with Crippen molar-refractivity contribution in [2.24, 2.45) is 0 Å². The third-order valence-electron chi connectivity index (χ3n) is 4.59. The smallest absolute Gasteiger partial charge is 0.255 e. The minimum absolute atomic E-state index is 0.0701. The Hall–Kier alpha value is -3.26. The van der Waals surface area contributed by atoms with E-state index in [1.54, 1.807) is 12.4 Å². The molecular formula is C19H18N6O2. The van der Waals surface area contributed by atoms with Gasteiger partial charge in [-0.25, -0.2) is 9.67 Å². The van der Waals surface area contributed by atoms with Crippen LogP contribution >= 0.6 is 0 Å². The molecule has 0 N–H and O–H groups in total. The van der Waals surface area contributed by atoms with E-state index in [4.69, 9.17) is 9.26 Å². The van der Waals surface area contributed by atoms with Gasteiger partial charge in [-0.3, -0.25) is 0 Å². The summed E-state index contributed by atoms with van der Waals surface area (Å²) in [5.41, 5.74) is 1.98. The molecule has 4 aromatic rings. The molecule has 1 saturated heterocycles. The molecule has 136 valence electrons. The Balaban J connectivity index is 1.41. The largest absolute Gasteiger partial charge is 0.368 e. The Morgan fingerprint density at radius 2 is 2.15 bits per heavy atom. The maximum Gasteiger partial charge on any atom is 0.255 e. The Morgan fingerprint density at radius 1 is 1.15 bits per heavy atom. The number of aromatic nitrogens is 6. The second-order valence-electron chi connectivity index (χ2n) is 6.43. The predicted molar refractivity (Wildman–Crippen MR) is 96.1 cm³/mol. The number of rotatable bonds is 5. The number of nitrogens with zero attached hydrogens (tertiary/aromatic N) is 6. The highest BCUT2D eigenvalue weighted by Gasteiger charge is 2.24. The van der Waals surface area contributed by atoms with Gasteiger partial charge in [-0.1, -0.05) is 17.3 Å². The first-order valence-corrected chi connectivity index (χ1v) is 8.92. The van der Waals surface area contributed by atoms with Crippen LogP contribution in [-0.4, -0.2) is 36.1 Å². The number of hydrogen-bond acceptors (Lipinski definition) is 6. The quantitative estimate of drug-likeness (QED) is 0.543. The Kier molecular flexibility index (Phi) is 4.02. The third-order valence-corrected chi connectivity index (χ3v) is 4.59. The molecule has 0 aliphatic carbocycles. The van der Waals surface area contributed by atoms with E-state index in [-0.39, 0.29) is 6.10 Å². The van der Waals surface area contributed by atoms with Crippen LogP contribution in [0.1, 0.15) is 30.7 Å². The zero-order chi connectivity index (χ0) is 18.1. The van der Waals surface area contributed by atoms with Crippen LogP contribution in [0.25, 0.3) is 17.1 Å². The molecule has 1 fully saturated rings. The minimum atomic E-state index is -0.0701. The van der Waals surface area contributed by atoms with E-state index in [9.17, 15) is 0 Å². The summed E-state index contributed by atoms with van der Waals surface area (Å²) in [7, 11) is 0. The summed E-state index contributed by atoms with van der Waals surface area (Å²) in [4.78, 5) is 9.01. The van der Waals surface area contributed by atoms with Gasteiger partial charge in [0.1, 0.15) is 11.9 Å². The van der Waals surface area contributed by atoms with Crippen molar-refractivity contribution in [1.82, 2.24) is 29.5 Å². The molecule has 3 aromatic heterocycles. The monoisotopic (exact) mass is 362 g/mol. The van der Waals surface area contributed by atoms with E-state index in [1.165, 1.54) is 0 Å². The number of hydrogen-bond donors (Lipinski definition) is 0. The van der Waals surface area contributed by atoms with Gasteiger partial charge in [0.05, 0.1) is 12.2 Å². The SMILES string of the molecule is c1cc(-c2nccn2Cc2noc([C@H]3CCCO3)n2)cc(-n2cccn2)c1. The first-order valence-electron chi connectivity index (χ1n) is 8.92. The van der Waals surface area contributed by atoms with Crippen molar-refractivity contribution in [2.45, 2.75) is 25.5 Å². The van der Waals surface area contributed by atoms with Crippen molar-refractivity contribution in [2.75, 3.05) is 6.61 Å². The minimum Gasteiger partial charge on any atom is -0.368 e. The van der Waals surface area contributed by atoms with Gasteiger partial charge in [-0.05, 0) is 31.0 Å². The summed E-state index contributed by atoms with van der Waals surface area (Å²) >= 11 is 0. The molecule has 0 radical (unpaired) electrons. The Bertz CT molecular complexity index is 1030. The second kappa shape index (κ2) is 6.81. The van der Waals surface area contributed by atoms with Crippen LogP contribution in [0.5, 0.6) is 0 Å². The molecule has 1 aliphatic heterocycles. The van der Waals surface area contributed by atoms with E-state index in [1.807, 2.05) is 45.9 Å². The molecule has 8 nitrogen and oxygen atoms in total. The predicted octanol–water partition coefficient (Wildman–Crippen LogP) is 3.02. The first-order chi connectivity index (χ1) is 13.4. The molecule has 1 atom stereocenters. The molecule has 1 aliphatic rings. The van der Waals surface area contributed by atoms with Crippen molar-refractivity contribution in [3.05, 3.63) is 66.8 Å². The molecule has 0 amide bonds. The maximum absolute atomic E-state index is 5.61. The zero-order valence-electron chi connectivity index (χ0n) is 14.6. The molecule has 27 heavy (non-hydrogen) atoms. The fourth-order valence-corrected chi connectivity index (χ4v) is 3.29. The van der Waals surface area contributed by atoms with Gasteiger partial charge in [0.2, 0.25) is 0 Å². The average Bonchev–Trinajstić information content (AvgIpc) is 3.49. The van der Waals surface area contributed by atoms with Crippen molar-refractivity contribution in [1.29, 1.82) is 0 Å². The molecule has 1 aromatic carbocycles.